The molecule has 0 aromatic rings. The predicted molar refractivity (Wildman–Crippen MR) is 52.8 cm³/mol. The highest BCUT2D eigenvalue weighted by molar-refractivity contribution is 5.72. The van der Waals surface area contributed by atoms with Crippen molar-refractivity contribution in [3.05, 3.63) is 0 Å². The van der Waals surface area contributed by atoms with Crippen LogP contribution >= 0.6 is 0 Å². The Hall–Kier alpha value is -1.10. The smallest absolute Gasteiger partial charge is 0.305 e. The van der Waals surface area contributed by atoms with Crippen LogP contribution < -0.4 is 10.6 Å². The van der Waals surface area contributed by atoms with E-state index in [-0.39, 0.29) is 11.9 Å². The lowest BCUT2D eigenvalue weighted by Crippen LogP contribution is -2.30. The highest BCUT2D eigenvalue weighted by Crippen LogP contribution is 1.88. The quantitative estimate of drug-likeness (QED) is 0.438. The van der Waals surface area contributed by atoms with Crippen LogP contribution in [0.2, 0.25) is 0 Å². The van der Waals surface area contributed by atoms with Gasteiger partial charge in [0.1, 0.15) is 0 Å². The van der Waals surface area contributed by atoms with Gasteiger partial charge in [0.25, 0.3) is 0 Å². The number of esters is 1. The topological polar surface area (TPSA) is 67.4 Å². The number of hydrogen-bond donors (Lipinski definition) is 2. The molecule has 0 spiro atoms. The van der Waals surface area contributed by atoms with Crippen LogP contribution in [0.4, 0.5) is 0 Å². The normalized spacial score (nSPS) is 9.57. The molecule has 5 nitrogen and oxygen atoms in total. The molecule has 2 N–H and O–H groups in total. The average Bonchev–Trinajstić information content (AvgIpc) is 2.15. The Balaban J connectivity index is 3.06. The number of amides is 1. The molecule has 0 radical (unpaired) electrons. The molecule has 0 atom stereocenters. The van der Waals surface area contributed by atoms with Crippen LogP contribution in [0.15, 0.2) is 0 Å². The van der Waals surface area contributed by atoms with Gasteiger partial charge in [-0.1, -0.05) is 0 Å². The second-order valence-electron chi connectivity index (χ2n) is 2.91. The van der Waals surface area contributed by atoms with E-state index in [1.165, 1.54) is 14.0 Å². The number of hydrogen-bond acceptors (Lipinski definition) is 4. The standard InChI is InChI=1S/C9H18N2O3/c1-8(12)11-7-6-10-5-3-4-9(13)14-2/h10H,3-7H2,1-2H3,(H,11,12). The van der Waals surface area contributed by atoms with Crippen LogP contribution in [0, 0.1) is 0 Å². The highest BCUT2D eigenvalue weighted by Gasteiger charge is 1.98. The molecule has 82 valence electrons. The maximum Gasteiger partial charge on any atom is 0.305 e. The second-order valence-corrected chi connectivity index (χ2v) is 2.91. The van der Waals surface area contributed by atoms with Crippen molar-refractivity contribution in [3.63, 3.8) is 0 Å². The lowest BCUT2D eigenvalue weighted by Gasteiger charge is -2.04. The van der Waals surface area contributed by atoms with E-state index in [1.54, 1.807) is 0 Å². The van der Waals surface area contributed by atoms with Gasteiger partial charge in [-0.2, -0.15) is 0 Å². The lowest BCUT2D eigenvalue weighted by molar-refractivity contribution is -0.140. The molecule has 0 aromatic carbocycles. The zero-order chi connectivity index (χ0) is 10.8. The van der Waals surface area contributed by atoms with E-state index in [0.717, 1.165) is 19.5 Å². The van der Waals surface area contributed by atoms with Crippen molar-refractivity contribution in [1.82, 2.24) is 10.6 Å². The molecule has 0 fully saturated rings. The first-order chi connectivity index (χ1) is 6.66. The van der Waals surface area contributed by atoms with Crippen molar-refractivity contribution in [2.24, 2.45) is 0 Å². The molecule has 0 saturated heterocycles. The predicted octanol–water partition coefficient (Wildman–Crippen LogP) is -0.335. The van der Waals surface area contributed by atoms with E-state index in [2.05, 4.69) is 15.4 Å². The summed E-state index contributed by atoms with van der Waals surface area (Å²) >= 11 is 0. The van der Waals surface area contributed by atoms with E-state index in [9.17, 15) is 9.59 Å². The average molecular weight is 202 g/mol. The Labute approximate surface area is 84.2 Å². The molecular formula is C9H18N2O3. The van der Waals surface area contributed by atoms with Gasteiger partial charge in [0.2, 0.25) is 5.91 Å². The van der Waals surface area contributed by atoms with Crippen molar-refractivity contribution < 1.29 is 14.3 Å². The number of rotatable bonds is 7. The summed E-state index contributed by atoms with van der Waals surface area (Å²) in [6.45, 7) is 3.58. The molecule has 0 aromatic heterocycles. The first-order valence-electron chi connectivity index (χ1n) is 4.68. The summed E-state index contributed by atoms with van der Waals surface area (Å²) in [6, 6.07) is 0. The third kappa shape index (κ3) is 8.99. The van der Waals surface area contributed by atoms with Crippen LogP contribution in [0.25, 0.3) is 0 Å². The van der Waals surface area contributed by atoms with Crippen LogP contribution in [-0.2, 0) is 14.3 Å². The molecule has 0 unspecified atom stereocenters. The molecule has 0 aliphatic carbocycles. The van der Waals surface area contributed by atoms with Crippen molar-refractivity contribution in [1.29, 1.82) is 0 Å². The Kier molecular flexibility index (Phi) is 7.83. The van der Waals surface area contributed by atoms with E-state index in [4.69, 9.17) is 0 Å². The molecule has 14 heavy (non-hydrogen) atoms. The summed E-state index contributed by atoms with van der Waals surface area (Å²) in [7, 11) is 1.38. The summed E-state index contributed by atoms with van der Waals surface area (Å²) in [5.74, 6) is -0.213. The van der Waals surface area contributed by atoms with Crippen molar-refractivity contribution >= 4 is 11.9 Å². The molecule has 0 saturated carbocycles. The van der Waals surface area contributed by atoms with Crippen LogP contribution in [0.1, 0.15) is 19.8 Å². The summed E-state index contributed by atoms with van der Waals surface area (Å²) < 4.78 is 4.49. The van der Waals surface area contributed by atoms with Crippen LogP contribution in [0.3, 0.4) is 0 Å². The van der Waals surface area contributed by atoms with E-state index >= 15 is 0 Å². The molecular weight excluding hydrogens is 184 g/mol. The first-order valence-corrected chi connectivity index (χ1v) is 4.68. The number of methoxy groups -OCH3 is 1. The third-order valence-electron chi connectivity index (χ3n) is 1.64. The molecule has 0 aliphatic rings. The van der Waals surface area contributed by atoms with Gasteiger partial charge in [0.05, 0.1) is 7.11 Å². The molecule has 0 rings (SSSR count). The van der Waals surface area contributed by atoms with Crippen molar-refractivity contribution in [3.8, 4) is 0 Å². The largest absolute Gasteiger partial charge is 0.469 e. The van der Waals surface area contributed by atoms with Crippen molar-refractivity contribution in [2.75, 3.05) is 26.7 Å². The maximum absolute atomic E-state index is 10.7. The SMILES string of the molecule is COC(=O)CCCNCCNC(C)=O. The Morgan fingerprint density at radius 2 is 1.93 bits per heavy atom. The minimum atomic E-state index is -0.186. The molecule has 0 bridgehead atoms. The van der Waals surface area contributed by atoms with Gasteiger partial charge in [-0.3, -0.25) is 9.59 Å². The summed E-state index contributed by atoms with van der Waals surface area (Å²) in [6.07, 6.45) is 1.19. The van der Waals surface area contributed by atoms with Crippen molar-refractivity contribution in [2.45, 2.75) is 19.8 Å². The van der Waals surface area contributed by atoms with Crippen LogP contribution in [-0.4, -0.2) is 38.6 Å². The minimum Gasteiger partial charge on any atom is -0.469 e. The van der Waals surface area contributed by atoms with Gasteiger partial charge < -0.3 is 15.4 Å². The maximum atomic E-state index is 10.7. The summed E-state index contributed by atoms with van der Waals surface area (Å²) in [4.78, 5) is 21.1. The fourth-order valence-electron chi connectivity index (χ4n) is 0.912. The number of carbonyl (C=O) groups is 2. The van der Waals surface area contributed by atoms with E-state index < -0.39 is 0 Å². The molecule has 0 aliphatic heterocycles. The fourth-order valence-corrected chi connectivity index (χ4v) is 0.912. The van der Waals surface area contributed by atoms with E-state index in [0.29, 0.717) is 13.0 Å². The van der Waals surface area contributed by atoms with Gasteiger partial charge in [0, 0.05) is 26.4 Å². The molecule has 1 amide bonds. The van der Waals surface area contributed by atoms with Gasteiger partial charge >= 0.3 is 5.97 Å². The van der Waals surface area contributed by atoms with Gasteiger partial charge in [0.15, 0.2) is 0 Å². The van der Waals surface area contributed by atoms with Gasteiger partial charge in [-0.15, -0.1) is 0 Å². The van der Waals surface area contributed by atoms with Crippen LogP contribution in [0.5, 0.6) is 0 Å². The Bertz CT molecular complexity index is 183. The Morgan fingerprint density at radius 3 is 2.50 bits per heavy atom. The highest BCUT2D eigenvalue weighted by atomic mass is 16.5. The summed E-state index contributed by atoms with van der Waals surface area (Å²) in [5, 5.41) is 5.76. The first kappa shape index (κ1) is 12.9. The monoisotopic (exact) mass is 202 g/mol. The number of nitrogens with one attached hydrogen (secondary N) is 2. The second kappa shape index (κ2) is 8.50. The molecule has 5 heteroatoms. The zero-order valence-electron chi connectivity index (χ0n) is 8.76. The Morgan fingerprint density at radius 1 is 1.21 bits per heavy atom. The third-order valence-corrected chi connectivity index (χ3v) is 1.64. The lowest BCUT2D eigenvalue weighted by atomic mass is 10.3. The summed E-state index contributed by atoms with van der Waals surface area (Å²) in [5.41, 5.74) is 0. The molecule has 0 heterocycles. The number of ether oxygens (including phenoxy) is 1. The van der Waals surface area contributed by atoms with Gasteiger partial charge in [-0.05, 0) is 13.0 Å². The minimum absolute atomic E-state index is 0.0265. The number of carbonyl (C=O) groups excluding carboxylic acids is 2. The zero-order valence-corrected chi connectivity index (χ0v) is 8.76. The van der Waals surface area contributed by atoms with Gasteiger partial charge in [-0.25, -0.2) is 0 Å². The fraction of sp³-hybridized carbons (Fsp3) is 0.778. The van der Waals surface area contributed by atoms with E-state index in [1.807, 2.05) is 0 Å².